The first kappa shape index (κ1) is 13.2. The number of carbonyl (C=O) groups excluding carboxylic acids is 1. The third kappa shape index (κ3) is 3.28. The zero-order valence-corrected chi connectivity index (χ0v) is 9.77. The zero-order chi connectivity index (χ0) is 12.8. The minimum absolute atomic E-state index is 0.0671. The van der Waals surface area contributed by atoms with E-state index in [1.807, 2.05) is 0 Å². The Morgan fingerprint density at radius 3 is 2.88 bits per heavy atom. The van der Waals surface area contributed by atoms with Gasteiger partial charge in [-0.3, -0.25) is 9.48 Å². The lowest BCUT2D eigenvalue weighted by molar-refractivity contribution is 0.0679. The summed E-state index contributed by atoms with van der Waals surface area (Å²) in [5.41, 5.74) is -0.0494. The Balaban J connectivity index is 2.66. The monoisotopic (exact) mass is 241 g/mol. The van der Waals surface area contributed by atoms with Gasteiger partial charge >= 0.3 is 5.97 Å². The number of carboxylic acids is 1. The van der Waals surface area contributed by atoms with Crippen LogP contribution in [0.5, 0.6) is 0 Å². The number of ether oxygens (including phenoxy) is 1. The van der Waals surface area contributed by atoms with E-state index in [1.165, 1.54) is 13.2 Å². The molecule has 0 aromatic carbocycles. The number of hydrogen-bond donors (Lipinski definition) is 2. The Labute approximate surface area is 98.4 Å². The van der Waals surface area contributed by atoms with Gasteiger partial charge in [0.05, 0.1) is 11.8 Å². The average molecular weight is 241 g/mol. The van der Waals surface area contributed by atoms with Crippen LogP contribution < -0.4 is 5.32 Å². The summed E-state index contributed by atoms with van der Waals surface area (Å²) >= 11 is 0. The molecule has 0 aliphatic rings. The summed E-state index contributed by atoms with van der Waals surface area (Å²) in [5, 5.41) is 15.3. The molecule has 0 radical (unpaired) electrons. The van der Waals surface area contributed by atoms with E-state index in [4.69, 9.17) is 9.84 Å². The van der Waals surface area contributed by atoms with Gasteiger partial charge in [-0.15, -0.1) is 0 Å². The molecule has 94 valence electrons. The molecule has 0 saturated heterocycles. The van der Waals surface area contributed by atoms with E-state index in [0.29, 0.717) is 19.6 Å². The van der Waals surface area contributed by atoms with Crippen LogP contribution in [0.15, 0.2) is 6.20 Å². The largest absolute Gasteiger partial charge is 0.477 e. The molecule has 1 aromatic rings. The average Bonchev–Trinajstić information content (AvgIpc) is 2.66. The predicted molar refractivity (Wildman–Crippen MR) is 59.0 cm³/mol. The summed E-state index contributed by atoms with van der Waals surface area (Å²) in [6.45, 7) is 0.972. The third-order valence-corrected chi connectivity index (χ3v) is 2.20. The molecule has 0 atom stereocenters. The summed E-state index contributed by atoms with van der Waals surface area (Å²) in [4.78, 5) is 22.6. The number of carbonyl (C=O) groups is 2. The number of amides is 1. The van der Waals surface area contributed by atoms with Crippen LogP contribution in [0.2, 0.25) is 0 Å². The van der Waals surface area contributed by atoms with Gasteiger partial charge in [-0.05, 0) is 6.42 Å². The van der Waals surface area contributed by atoms with Crippen LogP contribution in [-0.4, -0.2) is 47.0 Å². The van der Waals surface area contributed by atoms with Crippen LogP contribution in [0.1, 0.15) is 27.3 Å². The molecule has 0 spiro atoms. The van der Waals surface area contributed by atoms with E-state index < -0.39 is 11.9 Å². The van der Waals surface area contributed by atoms with Crippen molar-refractivity contribution in [2.24, 2.45) is 7.05 Å². The topological polar surface area (TPSA) is 93.5 Å². The molecule has 2 N–H and O–H groups in total. The number of nitrogens with zero attached hydrogens (tertiary/aromatic N) is 2. The summed E-state index contributed by atoms with van der Waals surface area (Å²) in [6, 6.07) is 0. The summed E-state index contributed by atoms with van der Waals surface area (Å²) in [6.07, 6.45) is 1.92. The van der Waals surface area contributed by atoms with E-state index in [9.17, 15) is 9.59 Å². The van der Waals surface area contributed by atoms with Crippen LogP contribution in [-0.2, 0) is 11.8 Å². The SMILES string of the molecule is COCCCNC(=O)c1cnn(C)c1C(=O)O. The van der Waals surface area contributed by atoms with Crippen molar-refractivity contribution in [3.05, 3.63) is 17.5 Å². The molecule has 0 unspecified atom stereocenters. The van der Waals surface area contributed by atoms with Gasteiger partial charge in [-0.1, -0.05) is 0 Å². The number of aromatic nitrogens is 2. The molecule has 0 aliphatic carbocycles. The highest BCUT2D eigenvalue weighted by atomic mass is 16.5. The van der Waals surface area contributed by atoms with Crippen molar-refractivity contribution in [1.29, 1.82) is 0 Å². The lowest BCUT2D eigenvalue weighted by Gasteiger charge is -2.04. The first-order valence-corrected chi connectivity index (χ1v) is 5.10. The lowest BCUT2D eigenvalue weighted by atomic mass is 10.2. The number of aromatic carboxylic acids is 1. The molecule has 1 aromatic heterocycles. The Kier molecular flexibility index (Phi) is 4.65. The molecular weight excluding hydrogens is 226 g/mol. The van der Waals surface area contributed by atoms with Crippen LogP contribution in [0.4, 0.5) is 0 Å². The molecule has 7 heteroatoms. The summed E-state index contributed by atoms with van der Waals surface area (Å²) < 4.78 is 5.99. The van der Waals surface area contributed by atoms with Crippen molar-refractivity contribution in [1.82, 2.24) is 15.1 Å². The van der Waals surface area contributed by atoms with Crippen molar-refractivity contribution in [2.75, 3.05) is 20.3 Å². The molecule has 1 amide bonds. The number of nitrogens with one attached hydrogen (secondary N) is 1. The second kappa shape index (κ2) is 6.00. The Morgan fingerprint density at radius 2 is 2.29 bits per heavy atom. The fraction of sp³-hybridized carbons (Fsp3) is 0.500. The molecule has 0 saturated carbocycles. The standard InChI is InChI=1S/C10H15N3O4/c1-13-8(10(15)16)7(6-12-13)9(14)11-4-3-5-17-2/h6H,3-5H2,1-2H3,(H,11,14)(H,15,16). The Bertz CT molecular complexity index is 414. The number of methoxy groups -OCH3 is 1. The smallest absolute Gasteiger partial charge is 0.354 e. The fourth-order valence-corrected chi connectivity index (χ4v) is 1.37. The maximum absolute atomic E-state index is 11.7. The molecule has 1 rings (SSSR count). The van der Waals surface area contributed by atoms with Crippen LogP contribution in [0, 0.1) is 0 Å². The van der Waals surface area contributed by atoms with E-state index in [-0.39, 0.29) is 11.3 Å². The van der Waals surface area contributed by atoms with Crippen molar-refractivity contribution in [3.8, 4) is 0 Å². The van der Waals surface area contributed by atoms with Gasteiger partial charge in [0.15, 0.2) is 5.69 Å². The third-order valence-electron chi connectivity index (χ3n) is 2.20. The second-order valence-electron chi connectivity index (χ2n) is 3.44. The first-order valence-electron chi connectivity index (χ1n) is 5.10. The highest BCUT2D eigenvalue weighted by Gasteiger charge is 2.20. The molecule has 1 heterocycles. The molecular formula is C10H15N3O4. The van der Waals surface area contributed by atoms with E-state index >= 15 is 0 Å². The predicted octanol–water partition coefficient (Wildman–Crippen LogP) is -0.115. The maximum atomic E-state index is 11.7. The number of aryl methyl sites for hydroxylation is 1. The van der Waals surface area contributed by atoms with Crippen molar-refractivity contribution < 1.29 is 19.4 Å². The summed E-state index contributed by atoms with van der Waals surface area (Å²) in [5.74, 6) is -1.61. The van der Waals surface area contributed by atoms with Crippen LogP contribution in [0.25, 0.3) is 0 Å². The van der Waals surface area contributed by atoms with Gasteiger partial charge in [0.25, 0.3) is 5.91 Å². The van der Waals surface area contributed by atoms with Gasteiger partial charge in [-0.2, -0.15) is 5.10 Å². The second-order valence-corrected chi connectivity index (χ2v) is 3.44. The number of hydrogen-bond acceptors (Lipinski definition) is 4. The number of rotatable bonds is 6. The van der Waals surface area contributed by atoms with Crippen molar-refractivity contribution >= 4 is 11.9 Å². The quantitative estimate of drug-likeness (QED) is 0.677. The van der Waals surface area contributed by atoms with Crippen LogP contribution >= 0.6 is 0 Å². The number of carboxylic acid groups (broad SMARTS) is 1. The van der Waals surface area contributed by atoms with Gasteiger partial charge in [0, 0.05) is 27.3 Å². The normalized spacial score (nSPS) is 10.2. The first-order chi connectivity index (χ1) is 8.07. The van der Waals surface area contributed by atoms with Crippen molar-refractivity contribution in [3.63, 3.8) is 0 Å². The molecule has 0 fully saturated rings. The molecule has 17 heavy (non-hydrogen) atoms. The molecule has 0 bridgehead atoms. The minimum atomic E-state index is -1.17. The molecule has 7 nitrogen and oxygen atoms in total. The van der Waals surface area contributed by atoms with Crippen LogP contribution in [0.3, 0.4) is 0 Å². The van der Waals surface area contributed by atoms with Gasteiger partial charge in [-0.25, -0.2) is 4.79 Å². The van der Waals surface area contributed by atoms with Gasteiger partial charge in [0.2, 0.25) is 0 Å². The van der Waals surface area contributed by atoms with E-state index in [2.05, 4.69) is 10.4 Å². The zero-order valence-electron chi connectivity index (χ0n) is 9.77. The van der Waals surface area contributed by atoms with E-state index in [1.54, 1.807) is 7.11 Å². The maximum Gasteiger partial charge on any atom is 0.354 e. The molecule has 0 aliphatic heterocycles. The Morgan fingerprint density at radius 1 is 1.59 bits per heavy atom. The minimum Gasteiger partial charge on any atom is -0.477 e. The Hall–Kier alpha value is -1.89. The highest BCUT2D eigenvalue weighted by molar-refractivity contribution is 6.03. The van der Waals surface area contributed by atoms with Crippen molar-refractivity contribution in [2.45, 2.75) is 6.42 Å². The van der Waals surface area contributed by atoms with Gasteiger partial charge in [0.1, 0.15) is 0 Å². The van der Waals surface area contributed by atoms with Gasteiger partial charge < -0.3 is 15.2 Å². The summed E-state index contributed by atoms with van der Waals surface area (Å²) in [7, 11) is 3.05. The fourth-order valence-electron chi connectivity index (χ4n) is 1.37. The highest BCUT2D eigenvalue weighted by Crippen LogP contribution is 2.07. The van der Waals surface area contributed by atoms with E-state index in [0.717, 1.165) is 4.68 Å². The lowest BCUT2D eigenvalue weighted by Crippen LogP contribution is -2.26.